The lowest BCUT2D eigenvalue weighted by Gasteiger charge is -2.58. The average Bonchev–Trinajstić information content (AvgIpc) is 3.40. The van der Waals surface area contributed by atoms with E-state index in [0.717, 1.165) is 63.7 Å². The molecule has 2 unspecified atom stereocenters. The van der Waals surface area contributed by atoms with Crippen LogP contribution in [0.15, 0.2) is 6.20 Å². The summed E-state index contributed by atoms with van der Waals surface area (Å²) in [6.07, 6.45) is 9.76. The van der Waals surface area contributed by atoms with Gasteiger partial charge in [0, 0.05) is 24.8 Å². The van der Waals surface area contributed by atoms with Crippen molar-refractivity contribution in [1.29, 1.82) is 0 Å². The van der Waals surface area contributed by atoms with E-state index in [1.807, 2.05) is 0 Å². The number of aromatic nitrogens is 2. The second kappa shape index (κ2) is 6.64. The number of carbonyl (C=O) groups is 1. The fraction of sp³-hybridized carbons (Fsp3) is 0.773. The highest BCUT2D eigenvalue weighted by Crippen LogP contribution is 2.55. The molecule has 6 fully saturated rings. The molecule has 1 aromatic heterocycles. The van der Waals surface area contributed by atoms with E-state index in [2.05, 4.69) is 15.6 Å². The topological polar surface area (TPSA) is 96.4 Å². The summed E-state index contributed by atoms with van der Waals surface area (Å²) in [4.78, 5) is 22.4. The molecule has 7 nitrogen and oxygen atoms in total. The number of aliphatic hydroxyl groups is 1. The van der Waals surface area contributed by atoms with Crippen molar-refractivity contribution in [3.63, 3.8) is 0 Å². The molecule has 3 atom stereocenters. The number of anilines is 1. The predicted molar refractivity (Wildman–Crippen MR) is 107 cm³/mol. The Labute approximate surface area is 171 Å². The highest BCUT2D eigenvalue weighted by atomic mass is 16.5. The van der Waals surface area contributed by atoms with Crippen LogP contribution in [-0.4, -0.2) is 51.9 Å². The molecule has 5 saturated carbocycles. The van der Waals surface area contributed by atoms with E-state index in [1.54, 1.807) is 6.20 Å². The van der Waals surface area contributed by atoms with Crippen molar-refractivity contribution in [2.75, 3.05) is 18.5 Å². The molecule has 2 heterocycles. The Morgan fingerprint density at radius 2 is 1.97 bits per heavy atom. The van der Waals surface area contributed by atoms with Gasteiger partial charge in [0.25, 0.3) is 5.91 Å². The Morgan fingerprint density at radius 3 is 2.62 bits per heavy atom. The van der Waals surface area contributed by atoms with E-state index in [9.17, 15) is 9.90 Å². The minimum absolute atomic E-state index is 0.0351. The van der Waals surface area contributed by atoms with Crippen LogP contribution in [-0.2, 0) is 4.74 Å². The van der Waals surface area contributed by atoms with Gasteiger partial charge in [0.15, 0.2) is 0 Å². The standard InChI is InChI=1S/C22H30N4O3/c27-20(25-18-14-5-12-6-15(18)9-22(28,7-12)8-14)17-10-23-21(24-16-3-4-29-11-16)26-19(17)13-1-2-13/h10,12-16,18,28H,1-9,11H2,(H,25,27)(H,23,24,26)/t12?,14?,15?,16-,18?,22?/m1/s1. The molecule has 7 heteroatoms. The number of carbonyl (C=O) groups excluding carboxylic acids is 1. The van der Waals surface area contributed by atoms with Gasteiger partial charge in [-0.15, -0.1) is 0 Å². The fourth-order valence-corrected chi connectivity index (χ4v) is 6.58. The molecule has 156 valence electrons. The molecule has 0 aromatic carbocycles. The summed E-state index contributed by atoms with van der Waals surface area (Å²) >= 11 is 0. The lowest BCUT2D eigenvalue weighted by Crippen LogP contribution is -2.61. The zero-order valence-electron chi connectivity index (χ0n) is 16.8. The van der Waals surface area contributed by atoms with Crippen molar-refractivity contribution in [3.05, 3.63) is 17.5 Å². The average molecular weight is 399 g/mol. The number of rotatable bonds is 5. The Morgan fingerprint density at radius 1 is 1.17 bits per heavy atom. The smallest absolute Gasteiger partial charge is 0.254 e. The second-order valence-corrected chi connectivity index (χ2v) is 10.2. The summed E-state index contributed by atoms with van der Waals surface area (Å²) in [6.45, 7) is 1.45. The molecular formula is C22H30N4O3. The Balaban J connectivity index is 1.20. The quantitative estimate of drug-likeness (QED) is 0.704. The summed E-state index contributed by atoms with van der Waals surface area (Å²) in [7, 11) is 0. The van der Waals surface area contributed by atoms with Gasteiger partial charge in [0.1, 0.15) is 0 Å². The van der Waals surface area contributed by atoms with E-state index in [-0.39, 0.29) is 18.0 Å². The van der Waals surface area contributed by atoms with Gasteiger partial charge in [-0.3, -0.25) is 4.79 Å². The predicted octanol–water partition coefficient (Wildman–Crippen LogP) is 2.22. The van der Waals surface area contributed by atoms with Crippen molar-refractivity contribution in [2.24, 2.45) is 17.8 Å². The molecule has 1 saturated heterocycles. The van der Waals surface area contributed by atoms with Crippen molar-refractivity contribution < 1.29 is 14.6 Å². The van der Waals surface area contributed by atoms with Crippen LogP contribution in [0.2, 0.25) is 0 Å². The van der Waals surface area contributed by atoms with E-state index in [4.69, 9.17) is 9.72 Å². The SMILES string of the molecule is O=C(NC1C2CC3CC1CC(O)(C3)C2)c1cnc(N[C@@H]2CCOC2)nc1C1CC1. The molecule has 7 rings (SSSR count). The highest BCUT2D eigenvalue weighted by Gasteiger charge is 2.55. The molecule has 1 aliphatic heterocycles. The summed E-state index contributed by atoms with van der Waals surface area (Å²) in [5, 5.41) is 17.5. The van der Waals surface area contributed by atoms with Gasteiger partial charge in [-0.1, -0.05) is 0 Å². The van der Waals surface area contributed by atoms with Crippen LogP contribution >= 0.6 is 0 Å². The highest BCUT2D eigenvalue weighted by molar-refractivity contribution is 5.95. The maximum absolute atomic E-state index is 13.2. The molecule has 29 heavy (non-hydrogen) atoms. The van der Waals surface area contributed by atoms with Gasteiger partial charge in [0.2, 0.25) is 5.95 Å². The van der Waals surface area contributed by atoms with Gasteiger partial charge in [0.05, 0.1) is 29.5 Å². The number of hydrogen-bond donors (Lipinski definition) is 3. The monoisotopic (exact) mass is 398 g/mol. The molecule has 4 bridgehead atoms. The van der Waals surface area contributed by atoms with Crippen LogP contribution in [0.25, 0.3) is 0 Å². The number of nitrogens with one attached hydrogen (secondary N) is 2. The molecule has 1 amide bonds. The van der Waals surface area contributed by atoms with Gasteiger partial charge in [-0.25, -0.2) is 9.97 Å². The van der Waals surface area contributed by atoms with Crippen molar-refractivity contribution in [2.45, 2.75) is 75.0 Å². The maximum atomic E-state index is 13.2. The molecular weight excluding hydrogens is 368 g/mol. The van der Waals surface area contributed by atoms with Gasteiger partial charge in [-0.2, -0.15) is 0 Å². The minimum atomic E-state index is -0.475. The van der Waals surface area contributed by atoms with Crippen LogP contribution in [0, 0.1) is 17.8 Å². The van der Waals surface area contributed by atoms with Crippen LogP contribution in [0.3, 0.4) is 0 Å². The van der Waals surface area contributed by atoms with Gasteiger partial charge in [-0.05, 0) is 69.1 Å². The lowest BCUT2D eigenvalue weighted by atomic mass is 9.52. The normalized spacial score (nSPS) is 40.2. The molecule has 1 aromatic rings. The number of amides is 1. The van der Waals surface area contributed by atoms with Crippen molar-refractivity contribution in [3.8, 4) is 0 Å². The van der Waals surface area contributed by atoms with E-state index in [1.165, 1.54) is 0 Å². The lowest BCUT2D eigenvalue weighted by molar-refractivity contribution is -0.136. The maximum Gasteiger partial charge on any atom is 0.254 e. The summed E-state index contributed by atoms with van der Waals surface area (Å²) in [6, 6.07) is 0.431. The largest absolute Gasteiger partial charge is 0.390 e. The molecule has 5 aliphatic carbocycles. The minimum Gasteiger partial charge on any atom is -0.390 e. The van der Waals surface area contributed by atoms with Gasteiger partial charge >= 0.3 is 0 Å². The van der Waals surface area contributed by atoms with E-state index < -0.39 is 5.60 Å². The third-order valence-corrected chi connectivity index (χ3v) is 7.83. The zero-order chi connectivity index (χ0) is 19.6. The number of nitrogens with zero attached hydrogens (tertiary/aromatic N) is 2. The number of ether oxygens (including phenoxy) is 1. The Bertz CT molecular complexity index is 804. The Kier molecular flexibility index (Phi) is 4.14. The van der Waals surface area contributed by atoms with Crippen LogP contribution in [0.1, 0.15) is 73.3 Å². The van der Waals surface area contributed by atoms with Crippen LogP contribution < -0.4 is 10.6 Å². The van der Waals surface area contributed by atoms with E-state index in [0.29, 0.717) is 41.8 Å². The number of hydrogen-bond acceptors (Lipinski definition) is 6. The van der Waals surface area contributed by atoms with Crippen LogP contribution in [0.4, 0.5) is 5.95 Å². The van der Waals surface area contributed by atoms with Gasteiger partial charge < -0.3 is 20.5 Å². The Hall–Kier alpha value is -1.73. The van der Waals surface area contributed by atoms with Crippen molar-refractivity contribution >= 4 is 11.9 Å². The molecule has 6 aliphatic rings. The summed E-state index contributed by atoms with van der Waals surface area (Å²) < 4.78 is 5.42. The first-order valence-corrected chi connectivity index (χ1v) is 11.3. The molecule has 0 radical (unpaired) electrons. The third-order valence-electron chi connectivity index (χ3n) is 7.83. The molecule has 3 N–H and O–H groups in total. The first kappa shape index (κ1) is 18.1. The third kappa shape index (κ3) is 3.32. The second-order valence-electron chi connectivity index (χ2n) is 10.2. The zero-order valence-corrected chi connectivity index (χ0v) is 16.8. The first-order valence-electron chi connectivity index (χ1n) is 11.3. The molecule has 0 spiro atoms. The summed E-state index contributed by atoms with van der Waals surface area (Å²) in [5.74, 6) is 2.40. The first-order chi connectivity index (χ1) is 14.1. The van der Waals surface area contributed by atoms with E-state index >= 15 is 0 Å². The summed E-state index contributed by atoms with van der Waals surface area (Å²) in [5.41, 5.74) is 1.05. The van der Waals surface area contributed by atoms with Crippen LogP contribution in [0.5, 0.6) is 0 Å². The van der Waals surface area contributed by atoms with Crippen molar-refractivity contribution in [1.82, 2.24) is 15.3 Å². The fourth-order valence-electron chi connectivity index (χ4n) is 6.58.